The summed E-state index contributed by atoms with van der Waals surface area (Å²) in [5, 5.41) is 12.2. The molecular weight excluding hydrogens is 276 g/mol. The lowest BCUT2D eigenvalue weighted by molar-refractivity contribution is -0.128. The van der Waals surface area contributed by atoms with E-state index in [0.717, 1.165) is 31.4 Å². The molecule has 1 aromatic rings. The van der Waals surface area contributed by atoms with Crippen molar-refractivity contribution in [3.63, 3.8) is 0 Å². The van der Waals surface area contributed by atoms with Gasteiger partial charge in [0, 0.05) is 25.5 Å². The van der Waals surface area contributed by atoms with Crippen LogP contribution in [-0.2, 0) is 11.3 Å². The van der Waals surface area contributed by atoms with Crippen molar-refractivity contribution in [2.75, 3.05) is 7.05 Å². The Bertz CT molecular complexity index is 556. The molecule has 116 valence electrons. The van der Waals surface area contributed by atoms with Gasteiger partial charge in [-0.15, -0.1) is 0 Å². The molecule has 0 spiro atoms. The quantitative estimate of drug-likeness (QED) is 0.669. The van der Waals surface area contributed by atoms with E-state index in [1.165, 1.54) is 12.6 Å². The molecule has 1 amide bonds. The third kappa shape index (κ3) is 4.32. The Morgan fingerprint density at radius 2 is 2.23 bits per heavy atom. The number of nitrogens with zero attached hydrogens (tertiary/aromatic N) is 3. The maximum absolute atomic E-state index is 12.4. The van der Waals surface area contributed by atoms with E-state index in [2.05, 4.69) is 10.3 Å². The third-order valence-electron chi connectivity index (χ3n) is 4.05. The maximum atomic E-state index is 12.4. The molecule has 2 rings (SSSR count). The Morgan fingerprint density at radius 3 is 2.86 bits per heavy atom. The number of hydrogen-bond donors (Lipinski definition) is 1. The van der Waals surface area contributed by atoms with Gasteiger partial charge in [-0.2, -0.15) is 5.26 Å². The Balaban J connectivity index is 1.93. The first-order valence-electron chi connectivity index (χ1n) is 7.73. The zero-order valence-corrected chi connectivity index (χ0v) is 13.0. The van der Waals surface area contributed by atoms with Crippen LogP contribution in [-0.4, -0.2) is 28.9 Å². The topological polar surface area (TPSA) is 69.0 Å². The zero-order chi connectivity index (χ0) is 15.8. The lowest BCUT2D eigenvalue weighted by Crippen LogP contribution is -2.39. The van der Waals surface area contributed by atoms with Crippen LogP contribution in [0.1, 0.15) is 37.8 Å². The van der Waals surface area contributed by atoms with Gasteiger partial charge in [0.05, 0.1) is 12.2 Å². The Morgan fingerprint density at radius 1 is 1.45 bits per heavy atom. The second kappa shape index (κ2) is 8.18. The molecule has 1 aliphatic rings. The average Bonchev–Trinajstić information content (AvgIpc) is 2.59. The first-order valence-corrected chi connectivity index (χ1v) is 7.73. The monoisotopic (exact) mass is 298 g/mol. The summed E-state index contributed by atoms with van der Waals surface area (Å²) in [7, 11) is 1.79. The van der Waals surface area contributed by atoms with Crippen molar-refractivity contribution in [1.82, 2.24) is 15.2 Å². The van der Waals surface area contributed by atoms with E-state index in [0.29, 0.717) is 6.54 Å². The summed E-state index contributed by atoms with van der Waals surface area (Å²) < 4.78 is 0. The molecule has 0 bridgehead atoms. The number of amides is 1. The smallest absolute Gasteiger partial charge is 0.265 e. The van der Waals surface area contributed by atoms with E-state index in [-0.39, 0.29) is 17.5 Å². The molecule has 0 radical (unpaired) electrons. The minimum Gasteiger partial charge on any atom is -0.384 e. The molecule has 1 heterocycles. The van der Waals surface area contributed by atoms with Crippen LogP contribution in [0.5, 0.6) is 0 Å². The summed E-state index contributed by atoms with van der Waals surface area (Å²) in [5.41, 5.74) is 1.01. The van der Waals surface area contributed by atoms with Crippen molar-refractivity contribution in [2.45, 2.75) is 44.7 Å². The first-order chi connectivity index (χ1) is 10.7. The predicted octanol–water partition coefficient (Wildman–Crippen LogP) is 2.37. The van der Waals surface area contributed by atoms with Crippen LogP contribution in [0.15, 0.2) is 36.2 Å². The largest absolute Gasteiger partial charge is 0.384 e. The van der Waals surface area contributed by atoms with Gasteiger partial charge in [-0.1, -0.05) is 25.3 Å². The van der Waals surface area contributed by atoms with Crippen LogP contribution >= 0.6 is 0 Å². The van der Waals surface area contributed by atoms with Gasteiger partial charge in [0.15, 0.2) is 0 Å². The minimum atomic E-state index is -0.206. The molecule has 1 saturated carbocycles. The molecule has 0 unspecified atom stereocenters. The zero-order valence-electron chi connectivity index (χ0n) is 13.0. The molecule has 1 fully saturated rings. The molecule has 1 aromatic heterocycles. The minimum absolute atomic E-state index is 0.143. The summed E-state index contributed by atoms with van der Waals surface area (Å²) in [6.07, 6.45) is 8.83. The highest BCUT2D eigenvalue weighted by Gasteiger charge is 2.24. The third-order valence-corrected chi connectivity index (χ3v) is 4.05. The van der Waals surface area contributed by atoms with Crippen molar-refractivity contribution in [1.29, 1.82) is 5.26 Å². The molecule has 5 heteroatoms. The number of carbonyl (C=O) groups is 1. The van der Waals surface area contributed by atoms with Gasteiger partial charge >= 0.3 is 0 Å². The van der Waals surface area contributed by atoms with Crippen molar-refractivity contribution in [2.24, 2.45) is 0 Å². The van der Waals surface area contributed by atoms with Gasteiger partial charge in [-0.3, -0.25) is 9.78 Å². The molecule has 0 aromatic carbocycles. The van der Waals surface area contributed by atoms with E-state index in [9.17, 15) is 10.1 Å². The molecular formula is C17H22N4O. The number of nitrogens with one attached hydrogen (secondary N) is 1. The highest BCUT2D eigenvalue weighted by molar-refractivity contribution is 5.97. The van der Waals surface area contributed by atoms with E-state index < -0.39 is 0 Å². The van der Waals surface area contributed by atoms with Gasteiger partial charge in [-0.05, 0) is 25.0 Å². The normalized spacial score (nSPS) is 15.9. The number of rotatable bonds is 5. The average molecular weight is 298 g/mol. The second-order valence-electron chi connectivity index (χ2n) is 5.58. The highest BCUT2D eigenvalue weighted by Crippen LogP contribution is 2.22. The van der Waals surface area contributed by atoms with Gasteiger partial charge < -0.3 is 10.2 Å². The van der Waals surface area contributed by atoms with E-state index in [1.807, 2.05) is 24.3 Å². The summed E-state index contributed by atoms with van der Waals surface area (Å²) in [4.78, 5) is 18.3. The van der Waals surface area contributed by atoms with Crippen molar-refractivity contribution in [3.05, 3.63) is 41.9 Å². The summed E-state index contributed by atoms with van der Waals surface area (Å²) in [6.45, 7) is 0.493. The fraction of sp³-hybridized carbons (Fsp3) is 0.471. The van der Waals surface area contributed by atoms with Crippen LogP contribution < -0.4 is 5.32 Å². The number of likely N-dealkylation sites (N-methyl/N-ethyl adjacent to an activating group) is 1. The van der Waals surface area contributed by atoms with Gasteiger partial charge in [0.2, 0.25) is 0 Å². The van der Waals surface area contributed by atoms with Gasteiger partial charge in [0.1, 0.15) is 11.6 Å². The van der Waals surface area contributed by atoms with E-state index >= 15 is 0 Å². The second-order valence-corrected chi connectivity index (χ2v) is 5.58. The Kier molecular flexibility index (Phi) is 5.96. The molecule has 0 atom stereocenters. The first kappa shape index (κ1) is 16.0. The summed E-state index contributed by atoms with van der Waals surface area (Å²) in [5.74, 6) is -0.206. The molecule has 0 aliphatic heterocycles. The van der Waals surface area contributed by atoms with Crippen LogP contribution in [0.4, 0.5) is 0 Å². The predicted molar refractivity (Wildman–Crippen MR) is 84.4 cm³/mol. The van der Waals surface area contributed by atoms with Gasteiger partial charge in [-0.25, -0.2) is 0 Å². The number of nitriles is 1. The number of aromatic nitrogens is 1. The van der Waals surface area contributed by atoms with E-state index in [1.54, 1.807) is 18.1 Å². The van der Waals surface area contributed by atoms with Crippen LogP contribution in [0.2, 0.25) is 0 Å². The van der Waals surface area contributed by atoms with Gasteiger partial charge in [0.25, 0.3) is 5.91 Å². The molecule has 1 N–H and O–H groups in total. The lowest BCUT2D eigenvalue weighted by atomic mass is 9.94. The number of pyridine rings is 1. The van der Waals surface area contributed by atoms with Crippen LogP contribution in [0.3, 0.4) is 0 Å². The fourth-order valence-electron chi connectivity index (χ4n) is 2.73. The molecule has 1 aliphatic carbocycles. The SMILES string of the molecule is CN(C(=O)/C(C#N)=C\NCc1ccccn1)C1CCCCC1. The Hall–Kier alpha value is -2.35. The lowest BCUT2D eigenvalue weighted by Gasteiger charge is -2.31. The summed E-state index contributed by atoms with van der Waals surface area (Å²) in [6, 6.07) is 7.90. The standard InChI is InChI=1S/C17H22N4O/c1-21(16-8-3-2-4-9-16)17(22)14(11-18)12-19-13-15-7-5-6-10-20-15/h5-7,10,12,16,19H,2-4,8-9,13H2,1H3/b14-12-. The Labute approximate surface area is 131 Å². The molecule has 5 nitrogen and oxygen atoms in total. The van der Waals surface area contributed by atoms with Crippen LogP contribution in [0, 0.1) is 11.3 Å². The maximum Gasteiger partial charge on any atom is 0.265 e. The molecule has 0 saturated heterocycles. The highest BCUT2D eigenvalue weighted by atomic mass is 16.2. The van der Waals surface area contributed by atoms with Crippen LogP contribution in [0.25, 0.3) is 0 Å². The van der Waals surface area contributed by atoms with Crippen molar-refractivity contribution in [3.8, 4) is 6.07 Å². The van der Waals surface area contributed by atoms with Crippen molar-refractivity contribution < 1.29 is 4.79 Å². The fourth-order valence-corrected chi connectivity index (χ4v) is 2.73. The summed E-state index contributed by atoms with van der Waals surface area (Å²) >= 11 is 0. The molecule has 22 heavy (non-hydrogen) atoms. The number of carbonyl (C=O) groups excluding carboxylic acids is 1. The van der Waals surface area contributed by atoms with Crippen molar-refractivity contribution >= 4 is 5.91 Å². The van der Waals surface area contributed by atoms with E-state index in [4.69, 9.17) is 0 Å². The number of hydrogen-bond acceptors (Lipinski definition) is 4.